The first-order chi connectivity index (χ1) is 8.25. The molecule has 0 spiro atoms. The Labute approximate surface area is 102 Å². The van der Waals surface area contributed by atoms with Gasteiger partial charge in [-0.25, -0.2) is 4.39 Å². The fourth-order valence-electron chi connectivity index (χ4n) is 1.89. The van der Waals surface area contributed by atoms with Gasteiger partial charge in [0.05, 0.1) is 0 Å². The van der Waals surface area contributed by atoms with Gasteiger partial charge in [0.2, 0.25) is 0 Å². The van der Waals surface area contributed by atoms with Gasteiger partial charge in [0, 0.05) is 0 Å². The first-order valence-corrected chi connectivity index (χ1v) is 5.88. The number of hydrogen-bond acceptors (Lipinski definition) is 0. The van der Waals surface area contributed by atoms with E-state index in [2.05, 4.69) is 19.1 Å². The molecule has 87 valence electrons. The van der Waals surface area contributed by atoms with Crippen LogP contribution in [-0.4, -0.2) is 0 Å². The van der Waals surface area contributed by atoms with Crippen molar-refractivity contribution in [3.63, 3.8) is 0 Å². The minimum Gasteiger partial charge on any atom is -0.207 e. The smallest absolute Gasteiger partial charge is 0.123 e. The van der Waals surface area contributed by atoms with Crippen LogP contribution in [0.15, 0.2) is 54.6 Å². The third kappa shape index (κ3) is 3.42. The fraction of sp³-hybridized carbons (Fsp3) is 0.188. The van der Waals surface area contributed by atoms with Crippen molar-refractivity contribution in [3.05, 3.63) is 78.5 Å². The fourth-order valence-corrected chi connectivity index (χ4v) is 1.89. The minimum atomic E-state index is -0.191. The molecule has 0 saturated heterocycles. The number of aryl methyl sites for hydroxylation is 1. The van der Waals surface area contributed by atoms with Gasteiger partial charge in [-0.05, 0) is 48.9 Å². The summed E-state index contributed by atoms with van der Waals surface area (Å²) in [5, 5.41) is 0. The molecule has 0 N–H and O–H groups in total. The zero-order chi connectivity index (χ0) is 12.1. The van der Waals surface area contributed by atoms with Gasteiger partial charge in [-0.2, -0.15) is 0 Å². The monoisotopic (exact) mass is 227 g/mol. The van der Waals surface area contributed by atoms with Crippen LogP contribution in [0.4, 0.5) is 4.39 Å². The Morgan fingerprint density at radius 1 is 0.941 bits per heavy atom. The molecule has 1 radical (unpaired) electrons. The minimum absolute atomic E-state index is 0.191. The summed E-state index contributed by atoms with van der Waals surface area (Å²) in [5.74, 6) is 0.0276. The van der Waals surface area contributed by atoms with Gasteiger partial charge in [0.1, 0.15) is 5.82 Å². The topological polar surface area (TPSA) is 0 Å². The highest BCUT2D eigenvalue weighted by Gasteiger charge is 2.05. The average Bonchev–Trinajstić information content (AvgIpc) is 2.38. The molecule has 0 amide bonds. The van der Waals surface area contributed by atoms with E-state index in [4.69, 9.17) is 0 Å². The lowest BCUT2D eigenvalue weighted by atomic mass is 9.94. The summed E-state index contributed by atoms with van der Waals surface area (Å²) in [6, 6.07) is 17.0. The van der Waals surface area contributed by atoms with Crippen LogP contribution in [0.5, 0.6) is 0 Å². The molecule has 0 aliphatic rings. The lowest BCUT2D eigenvalue weighted by Gasteiger charge is -2.11. The Morgan fingerprint density at radius 2 is 1.59 bits per heavy atom. The van der Waals surface area contributed by atoms with E-state index < -0.39 is 0 Å². The average molecular weight is 227 g/mol. The lowest BCUT2D eigenvalue weighted by Crippen LogP contribution is -1.96. The van der Waals surface area contributed by atoms with E-state index in [0.29, 0.717) is 0 Å². The van der Waals surface area contributed by atoms with Gasteiger partial charge < -0.3 is 0 Å². The van der Waals surface area contributed by atoms with Crippen molar-refractivity contribution in [2.75, 3.05) is 0 Å². The summed E-state index contributed by atoms with van der Waals surface area (Å²) in [6.45, 7) is 4.13. The van der Waals surface area contributed by atoms with Gasteiger partial charge in [-0.15, -0.1) is 0 Å². The molecular weight excluding hydrogens is 211 g/mol. The molecule has 0 aliphatic heterocycles. The Kier molecular flexibility index (Phi) is 3.92. The second-order valence-corrected chi connectivity index (χ2v) is 4.27. The molecular formula is C16H16F. The van der Waals surface area contributed by atoms with Crippen LogP contribution in [0.3, 0.4) is 0 Å². The second-order valence-electron chi connectivity index (χ2n) is 4.27. The molecule has 0 aromatic heterocycles. The zero-order valence-electron chi connectivity index (χ0n) is 9.77. The molecule has 17 heavy (non-hydrogen) atoms. The Hall–Kier alpha value is -1.63. The Bertz CT molecular complexity index is 445. The van der Waals surface area contributed by atoms with Crippen molar-refractivity contribution >= 4 is 0 Å². The highest BCUT2D eigenvalue weighted by Crippen LogP contribution is 2.20. The SMILES string of the molecule is [CH2]C(CCc1ccccc1)c1ccc(F)cc1. The van der Waals surface area contributed by atoms with Crippen molar-refractivity contribution in [3.8, 4) is 0 Å². The van der Waals surface area contributed by atoms with Crippen LogP contribution in [0.2, 0.25) is 0 Å². The summed E-state index contributed by atoms with van der Waals surface area (Å²) in [4.78, 5) is 0. The molecule has 0 heterocycles. The van der Waals surface area contributed by atoms with Crippen molar-refractivity contribution in [1.29, 1.82) is 0 Å². The van der Waals surface area contributed by atoms with Gasteiger partial charge in [-0.3, -0.25) is 0 Å². The van der Waals surface area contributed by atoms with E-state index in [1.807, 2.05) is 30.3 Å². The molecule has 1 atom stereocenters. The summed E-state index contributed by atoms with van der Waals surface area (Å²) in [5.41, 5.74) is 2.42. The third-order valence-electron chi connectivity index (χ3n) is 2.97. The quantitative estimate of drug-likeness (QED) is 0.727. The molecule has 0 saturated carbocycles. The standard InChI is InChI=1S/C16H16F/c1-13(15-9-11-16(17)12-10-15)7-8-14-5-3-2-4-6-14/h2-6,9-13H,1,7-8H2. The number of halogens is 1. The van der Waals surface area contributed by atoms with Gasteiger partial charge in [-0.1, -0.05) is 42.5 Å². The van der Waals surface area contributed by atoms with Crippen LogP contribution in [0, 0.1) is 12.7 Å². The van der Waals surface area contributed by atoms with Crippen LogP contribution in [-0.2, 0) is 6.42 Å². The summed E-state index contributed by atoms with van der Waals surface area (Å²) < 4.78 is 12.8. The Balaban J connectivity index is 1.93. The van der Waals surface area contributed by atoms with Crippen molar-refractivity contribution < 1.29 is 4.39 Å². The normalized spacial score (nSPS) is 12.4. The molecule has 0 fully saturated rings. The zero-order valence-corrected chi connectivity index (χ0v) is 9.77. The van der Waals surface area contributed by atoms with Crippen LogP contribution in [0.25, 0.3) is 0 Å². The first kappa shape index (κ1) is 11.8. The highest BCUT2D eigenvalue weighted by atomic mass is 19.1. The van der Waals surface area contributed by atoms with E-state index in [-0.39, 0.29) is 11.7 Å². The maximum absolute atomic E-state index is 12.8. The first-order valence-electron chi connectivity index (χ1n) is 5.88. The molecule has 0 nitrogen and oxygen atoms in total. The summed E-state index contributed by atoms with van der Waals surface area (Å²) in [6.07, 6.45) is 1.99. The molecule has 1 unspecified atom stereocenters. The van der Waals surface area contributed by atoms with Crippen molar-refractivity contribution in [1.82, 2.24) is 0 Å². The van der Waals surface area contributed by atoms with Crippen LogP contribution in [0.1, 0.15) is 23.5 Å². The number of benzene rings is 2. The van der Waals surface area contributed by atoms with Crippen molar-refractivity contribution in [2.24, 2.45) is 0 Å². The molecule has 2 rings (SSSR count). The van der Waals surface area contributed by atoms with Crippen LogP contribution >= 0.6 is 0 Å². The summed E-state index contributed by atoms with van der Waals surface area (Å²) in [7, 11) is 0. The largest absolute Gasteiger partial charge is 0.207 e. The van der Waals surface area contributed by atoms with E-state index in [1.54, 1.807) is 0 Å². The predicted octanol–water partition coefficient (Wildman–Crippen LogP) is 4.38. The van der Waals surface area contributed by atoms with Gasteiger partial charge >= 0.3 is 0 Å². The van der Waals surface area contributed by atoms with E-state index >= 15 is 0 Å². The predicted molar refractivity (Wildman–Crippen MR) is 69.3 cm³/mol. The second kappa shape index (κ2) is 5.62. The maximum atomic E-state index is 12.8. The van der Waals surface area contributed by atoms with Gasteiger partial charge in [0.15, 0.2) is 0 Å². The van der Waals surface area contributed by atoms with E-state index in [0.717, 1.165) is 18.4 Å². The summed E-state index contributed by atoms with van der Waals surface area (Å²) >= 11 is 0. The highest BCUT2D eigenvalue weighted by molar-refractivity contribution is 5.22. The lowest BCUT2D eigenvalue weighted by molar-refractivity contribution is 0.625. The van der Waals surface area contributed by atoms with Crippen LogP contribution < -0.4 is 0 Å². The van der Waals surface area contributed by atoms with E-state index in [9.17, 15) is 4.39 Å². The van der Waals surface area contributed by atoms with Gasteiger partial charge in [0.25, 0.3) is 0 Å². The maximum Gasteiger partial charge on any atom is 0.123 e. The molecule has 0 bridgehead atoms. The van der Waals surface area contributed by atoms with Crippen molar-refractivity contribution in [2.45, 2.75) is 18.8 Å². The number of rotatable bonds is 4. The molecule has 0 aliphatic carbocycles. The molecule has 2 aromatic rings. The third-order valence-corrected chi connectivity index (χ3v) is 2.97. The Morgan fingerprint density at radius 3 is 2.24 bits per heavy atom. The molecule has 1 heteroatoms. The van der Waals surface area contributed by atoms with E-state index in [1.165, 1.54) is 17.7 Å². The number of hydrogen-bond donors (Lipinski definition) is 0. The molecule has 2 aromatic carbocycles.